The largest absolute Gasteiger partial charge is 0.301 e. The lowest BCUT2D eigenvalue weighted by atomic mass is 9.49. The summed E-state index contributed by atoms with van der Waals surface area (Å²) >= 11 is 1.60. The van der Waals surface area contributed by atoms with Crippen LogP contribution >= 0.6 is 23.7 Å². The fraction of sp³-hybridized carbons (Fsp3) is 0.545. The zero-order valence-corrected chi connectivity index (χ0v) is 17.6. The number of amides is 1. The Bertz CT molecular complexity index is 822. The third-order valence-electron chi connectivity index (χ3n) is 6.86. The molecule has 144 valence electrons. The molecule has 4 aliphatic carbocycles. The first kappa shape index (κ1) is 18.9. The minimum Gasteiger partial charge on any atom is -0.301 e. The summed E-state index contributed by atoms with van der Waals surface area (Å²) in [5.41, 5.74) is 3.26. The highest BCUT2D eigenvalue weighted by atomic mass is 35.5. The van der Waals surface area contributed by atoms with Crippen LogP contribution in [0.3, 0.4) is 0 Å². The van der Waals surface area contributed by atoms with Gasteiger partial charge in [0.25, 0.3) is 0 Å². The standard InChI is InChI=1S/C22H26N2OS.ClH/c1-13-3-5-18(6-4-13)19-14(2)26-21(23-19)24-20(25)22-10-15-7-16(11-22)9-17(8-15)12-22;/h3-6,15-17H,7-12H2,1-2H3,(H,23,24,25);1H. The normalized spacial score (nSPS) is 30.8. The van der Waals surface area contributed by atoms with E-state index in [1.165, 1.54) is 24.8 Å². The zero-order chi connectivity index (χ0) is 17.9. The van der Waals surface area contributed by atoms with Crippen molar-refractivity contribution in [2.75, 3.05) is 5.32 Å². The molecule has 4 aliphatic rings. The van der Waals surface area contributed by atoms with Gasteiger partial charge in [0.05, 0.1) is 11.1 Å². The molecule has 0 radical (unpaired) electrons. The van der Waals surface area contributed by atoms with E-state index in [2.05, 4.69) is 43.4 Å². The average Bonchev–Trinajstić information content (AvgIpc) is 2.94. The summed E-state index contributed by atoms with van der Waals surface area (Å²) < 4.78 is 0. The summed E-state index contributed by atoms with van der Waals surface area (Å²) in [7, 11) is 0. The van der Waals surface area contributed by atoms with Gasteiger partial charge in [0, 0.05) is 10.4 Å². The van der Waals surface area contributed by atoms with Gasteiger partial charge in [-0.2, -0.15) is 0 Å². The van der Waals surface area contributed by atoms with E-state index in [1.54, 1.807) is 11.3 Å². The van der Waals surface area contributed by atoms with E-state index in [4.69, 9.17) is 4.98 Å². The number of carbonyl (C=O) groups excluding carboxylic acids is 1. The molecule has 5 heteroatoms. The lowest BCUT2D eigenvalue weighted by Gasteiger charge is -2.55. The third kappa shape index (κ3) is 3.31. The summed E-state index contributed by atoms with van der Waals surface area (Å²) in [6, 6.07) is 8.45. The van der Waals surface area contributed by atoms with Crippen molar-refractivity contribution in [2.45, 2.75) is 52.4 Å². The number of nitrogens with one attached hydrogen (secondary N) is 1. The summed E-state index contributed by atoms with van der Waals surface area (Å²) in [6.07, 6.45) is 7.38. The molecule has 0 spiro atoms. The van der Waals surface area contributed by atoms with Gasteiger partial charge in [-0.3, -0.25) is 4.79 Å². The van der Waals surface area contributed by atoms with Crippen LogP contribution in [-0.2, 0) is 4.79 Å². The maximum Gasteiger partial charge on any atom is 0.232 e. The molecule has 4 saturated carbocycles. The van der Waals surface area contributed by atoms with Crippen LogP contribution in [0.1, 0.15) is 49.0 Å². The quantitative estimate of drug-likeness (QED) is 0.683. The summed E-state index contributed by atoms with van der Waals surface area (Å²) in [6.45, 7) is 4.18. The van der Waals surface area contributed by atoms with E-state index in [-0.39, 0.29) is 23.7 Å². The van der Waals surface area contributed by atoms with Crippen LogP contribution in [-0.4, -0.2) is 10.9 Å². The lowest BCUT2D eigenvalue weighted by Crippen LogP contribution is -2.51. The molecular weight excluding hydrogens is 376 g/mol. The van der Waals surface area contributed by atoms with Crippen molar-refractivity contribution in [2.24, 2.45) is 23.2 Å². The molecule has 4 bridgehead atoms. The Balaban J connectivity index is 0.00000180. The molecule has 6 rings (SSSR count). The van der Waals surface area contributed by atoms with Gasteiger partial charge in [-0.15, -0.1) is 23.7 Å². The smallest absolute Gasteiger partial charge is 0.232 e. The first-order chi connectivity index (χ1) is 12.5. The van der Waals surface area contributed by atoms with E-state index in [9.17, 15) is 4.79 Å². The molecular formula is C22H27ClN2OS. The van der Waals surface area contributed by atoms with Crippen LogP contribution in [0.2, 0.25) is 0 Å². The van der Waals surface area contributed by atoms with Gasteiger partial charge < -0.3 is 5.32 Å². The number of halogens is 1. The predicted molar refractivity (Wildman–Crippen MR) is 114 cm³/mol. The van der Waals surface area contributed by atoms with Gasteiger partial charge in [0.2, 0.25) is 5.91 Å². The van der Waals surface area contributed by atoms with Crippen molar-refractivity contribution in [3.8, 4) is 11.3 Å². The molecule has 0 aliphatic heterocycles. The maximum absolute atomic E-state index is 13.2. The molecule has 27 heavy (non-hydrogen) atoms. The highest BCUT2D eigenvalue weighted by Gasteiger charge is 2.54. The summed E-state index contributed by atoms with van der Waals surface area (Å²) in [5.74, 6) is 2.59. The van der Waals surface area contributed by atoms with Gasteiger partial charge in [-0.1, -0.05) is 29.8 Å². The van der Waals surface area contributed by atoms with Crippen LogP contribution in [0.4, 0.5) is 5.13 Å². The van der Waals surface area contributed by atoms with Crippen molar-refractivity contribution in [3.63, 3.8) is 0 Å². The summed E-state index contributed by atoms with van der Waals surface area (Å²) in [4.78, 5) is 19.1. The number of aryl methyl sites for hydroxylation is 2. The minimum absolute atomic E-state index is 0. The van der Waals surface area contributed by atoms with Gasteiger partial charge in [0.1, 0.15) is 0 Å². The van der Waals surface area contributed by atoms with Crippen molar-refractivity contribution in [1.82, 2.24) is 4.98 Å². The monoisotopic (exact) mass is 402 g/mol. The van der Waals surface area contributed by atoms with Crippen LogP contribution < -0.4 is 5.32 Å². The van der Waals surface area contributed by atoms with E-state index in [1.807, 2.05) is 0 Å². The molecule has 0 unspecified atom stereocenters. The highest BCUT2D eigenvalue weighted by molar-refractivity contribution is 7.16. The molecule has 1 amide bonds. The number of carbonyl (C=O) groups is 1. The van der Waals surface area contributed by atoms with Gasteiger partial charge in [0.15, 0.2) is 5.13 Å². The Labute approximate surface area is 171 Å². The molecule has 0 saturated heterocycles. The van der Waals surface area contributed by atoms with Gasteiger partial charge >= 0.3 is 0 Å². The Morgan fingerprint density at radius 3 is 2.15 bits per heavy atom. The lowest BCUT2D eigenvalue weighted by molar-refractivity contribution is -0.140. The molecule has 4 fully saturated rings. The number of rotatable bonds is 3. The van der Waals surface area contributed by atoms with Crippen LogP contribution in [0.5, 0.6) is 0 Å². The first-order valence-corrected chi connectivity index (χ1v) is 10.7. The molecule has 1 aromatic heterocycles. The second-order valence-electron chi connectivity index (χ2n) is 8.94. The Hall–Kier alpha value is -1.39. The van der Waals surface area contributed by atoms with Crippen molar-refractivity contribution in [1.29, 1.82) is 0 Å². The highest BCUT2D eigenvalue weighted by Crippen LogP contribution is 2.60. The third-order valence-corrected chi connectivity index (χ3v) is 7.75. The number of benzene rings is 1. The number of hydrogen-bond acceptors (Lipinski definition) is 3. The number of thiazole rings is 1. The average molecular weight is 403 g/mol. The zero-order valence-electron chi connectivity index (χ0n) is 16.0. The van der Waals surface area contributed by atoms with E-state index < -0.39 is 0 Å². The van der Waals surface area contributed by atoms with Crippen LogP contribution in [0.25, 0.3) is 11.3 Å². The number of anilines is 1. The number of nitrogens with zero attached hydrogens (tertiary/aromatic N) is 1. The van der Waals surface area contributed by atoms with Crippen LogP contribution in [0.15, 0.2) is 24.3 Å². The number of hydrogen-bond donors (Lipinski definition) is 1. The van der Waals surface area contributed by atoms with E-state index in [0.29, 0.717) is 0 Å². The first-order valence-electron chi connectivity index (χ1n) is 9.87. The van der Waals surface area contributed by atoms with Crippen LogP contribution in [0, 0.1) is 37.0 Å². The minimum atomic E-state index is -0.113. The second kappa shape index (κ2) is 6.89. The van der Waals surface area contributed by atoms with Crippen molar-refractivity contribution in [3.05, 3.63) is 34.7 Å². The van der Waals surface area contributed by atoms with Gasteiger partial charge in [-0.05, 0) is 70.1 Å². The van der Waals surface area contributed by atoms with E-state index >= 15 is 0 Å². The van der Waals surface area contributed by atoms with Crippen molar-refractivity contribution >= 4 is 34.8 Å². The molecule has 3 nitrogen and oxygen atoms in total. The molecule has 1 heterocycles. The fourth-order valence-corrected chi connectivity index (χ4v) is 6.88. The summed E-state index contributed by atoms with van der Waals surface area (Å²) in [5, 5.41) is 3.97. The Morgan fingerprint density at radius 1 is 1.04 bits per heavy atom. The Morgan fingerprint density at radius 2 is 1.59 bits per heavy atom. The SMILES string of the molecule is Cc1ccc(-c2nc(NC(=O)C34CC5CC(CC(C5)C3)C4)sc2C)cc1.Cl. The molecule has 2 aromatic rings. The number of aromatic nitrogens is 1. The maximum atomic E-state index is 13.2. The molecule has 0 atom stereocenters. The Kier molecular flexibility index (Phi) is 4.84. The fourth-order valence-electron chi connectivity index (χ4n) is 6.05. The van der Waals surface area contributed by atoms with Crippen molar-refractivity contribution < 1.29 is 4.79 Å². The van der Waals surface area contributed by atoms with E-state index in [0.717, 1.165) is 58.3 Å². The topological polar surface area (TPSA) is 42.0 Å². The van der Waals surface area contributed by atoms with Gasteiger partial charge in [-0.25, -0.2) is 4.98 Å². The predicted octanol–water partition coefficient (Wildman–Crippen LogP) is 6.00. The second-order valence-corrected chi connectivity index (χ2v) is 10.1. The molecule has 1 aromatic carbocycles. The molecule has 1 N–H and O–H groups in total.